The van der Waals surface area contributed by atoms with Crippen LogP contribution >= 0.6 is 0 Å². The Morgan fingerprint density at radius 3 is 3.21 bits per heavy atom. The molecule has 1 atom stereocenters. The Kier molecular flexibility index (Phi) is 1.88. The molecule has 0 saturated heterocycles. The summed E-state index contributed by atoms with van der Waals surface area (Å²) in [4.78, 5) is 6.81. The molecule has 0 radical (unpaired) electrons. The van der Waals surface area contributed by atoms with E-state index in [2.05, 4.69) is 40.4 Å². The average molecular weight is 186 g/mol. The van der Waals surface area contributed by atoms with Crippen molar-refractivity contribution < 1.29 is 0 Å². The van der Waals surface area contributed by atoms with Crippen LogP contribution in [0.25, 0.3) is 0 Å². The largest absolute Gasteiger partial charge is 0.282 e. The SMILES string of the molecule is C1=NCN2CCc3ccccc3C2C1. The molecular weight excluding hydrogens is 172 g/mol. The van der Waals surface area contributed by atoms with E-state index >= 15 is 0 Å². The summed E-state index contributed by atoms with van der Waals surface area (Å²) in [6.07, 6.45) is 4.34. The molecule has 0 aliphatic carbocycles. The number of nitrogens with zero attached hydrogens (tertiary/aromatic N) is 2. The van der Waals surface area contributed by atoms with Gasteiger partial charge in [-0.1, -0.05) is 24.3 Å². The highest BCUT2D eigenvalue weighted by Crippen LogP contribution is 2.32. The Hall–Kier alpha value is -1.15. The minimum Gasteiger partial charge on any atom is -0.282 e. The van der Waals surface area contributed by atoms with Gasteiger partial charge >= 0.3 is 0 Å². The highest BCUT2D eigenvalue weighted by molar-refractivity contribution is 5.60. The predicted octanol–water partition coefficient (Wildman–Crippen LogP) is 2.02. The summed E-state index contributed by atoms with van der Waals surface area (Å²) >= 11 is 0. The average Bonchev–Trinajstić information content (AvgIpc) is 2.29. The molecular formula is C12H14N2. The molecule has 2 heterocycles. The number of fused-ring (bicyclic) bond motifs is 3. The smallest absolute Gasteiger partial charge is 0.0910 e. The molecule has 2 nitrogen and oxygen atoms in total. The van der Waals surface area contributed by atoms with Gasteiger partial charge in [0, 0.05) is 25.2 Å². The highest BCUT2D eigenvalue weighted by atomic mass is 15.2. The monoisotopic (exact) mass is 186 g/mol. The van der Waals surface area contributed by atoms with E-state index in [0.29, 0.717) is 6.04 Å². The third-order valence-corrected chi connectivity index (χ3v) is 3.24. The van der Waals surface area contributed by atoms with Crippen molar-refractivity contribution in [3.8, 4) is 0 Å². The molecule has 0 aromatic heterocycles. The molecule has 0 spiro atoms. The normalized spacial score (nSPS) is 25.6. The third-order valence-electron chi connectivity index (χ3n) is 3.24. The van der Waals surface area contributed by atoms with Gasteiger partial charge < -0.3 is 0 Å². The van der Waals surface area contributed by atoms with Crippen molar-refractivity contribution in [2.24, 2.45) is 4.99 Å². The Labute approximate surface area is 84.3 Å². The predicted molar refractivity (Wildman–Crippen MR) is 57.6 cm³/mol. The fourth-order valence-corrected chi connectivity index (χ4v) is 2.49. The van der Waals surface area contributed by atoms with E-state index < -0.39 is 0 Å². The second-order valence-electron chi connectivity index (χ2n) is 4.02. The molecule has 72 valence electrons. The van der Waals surface area contributed by atoms with Gasteiger partial charge in [-0.05, 0) is 17.5 Å². The number of hydrogen-bond donors (Lipinski definition) is 0. The van der Waals surface area contributed by atoms with Crippen molar-refractivity contribution in [2.75, 3.05) is 13.2 Å². The van der Waals surface area contributed by atoms with E-state index in [1.165, 1.54) is 24.1 Å². The third kappa shape index (κ3) is 1.18. The van der Waals surface area contributed by atoms with E-state index in [4.69, 9.17) is 0 Å². The maximum absolute atomic E-state index is 4.34. The van der Waals surface area contributed by atoms with Crippen LogP contribution in [-0.2, 0) is 6.42 Å². The number of benzene rings is 1. The van der Waals surface area contributed by atoms with Gasteiger partial charge in [-0.15, -0.1) is 0 Å². The van der Waals surface area contributed by atoms with Crippen LogP contribution in [0.1, 0.15) is 23.6 Å². The lowest BCUT2D eigenvalue weighted by molar-refractivity contribution is 0.188. The maximum Gasteiger partial charge on any atom is 0.0910 e. The lowest BCUT2D eigenvalue weighted by Crippen LogP contribution is -2.37. The molecule has 1 unspecified atom stereocenters. The second-order valence-corrected chi connectivity index (χ2v) is 4.02. The first kappa shape index (κ1) is 8.18. The first-order valence-electron chi connectivity index (χ1n) is 5.25. The Morgan fingerprint density at radius 1 is 1.29 bits per heavy atom. The van der Waals surface area contributed by atoms with E-state index in [-0.39, 0.29) is 0 Å². The summed E-state index contributed by atoms with van der Waals surface area (Å²) in [5.41, 5.74) is 3.05. The minimum absolute atomic E-state index is 0.595. The van der Waals surface area contributed by atoms with Crippen molar-refractivity contribution in [1.82, 2.24) is 4.90 Å². The number of rotatable bonds is 0. The van der Waals surface area contributed by atoms with Crippen LogP contribution < -0.4 is 0 Å². The zero-order valence-electron chi connectivity index (χ0n) is 8.19. The quantitative estimate of drug-likeness (QED) is 0.605. The van der Waals surface area contributed by atoms with Crippen LogP contribution in [0.15, 0.2) is 29.3 Å². The van der Waals surface area contributed by atoms with Crippen LogP contribution in [0.4, 0.5) is 0 Å². The lowest BCUT2D eigenvalue weighted by atomic mass is 9.91. The molecule has 0 N–H and O–H groups in total. The maximum atomic E-state index is 4.34. The van der Waals surface area contributed by atoms with E-state index in [0.717, 1.165) is 13.1 Å². The second kappa shape index (κ2) is 3.21. The summed E-state index contributed by atoms with van der Waals surface area (Å²) in [5.74, 6) is 0. The van der Waals surface area contributed by atoms with Gasteiger partial charge in [0.1, 0.15) is 0 Å². The van der Waals surface area contributed by atoms with Crippen molar-refractivity contribution in [3.05, 3.63) is 35.4 Å². The zero-order chi connectivity index (χ0) is 9.38. The molecule has 0 bridgehead atoms. The van der Waals surface area contributed by atoms with Crippen LogP contribution in [0.2, 0.25) is 0 Å². The van der Waals surface area contributed by atoms with Gasteiger partial charge in [0.2, 0.25) is 0 Å². The van der Waals surface area contributed by atoms with E-state index in [9.17, 15) is 0 Å². The van der Waals surface area contributed by atoms with Gasteiger partial charge in [0.25, 0.3) is 0 Å². The van der Waals surface area contributed by atoms with Gasteiger partial charge in [-0.3, -0.25) is 9.89 Å². The zero-order valence-corrected chi connectivity index (χ0v) is 8.19. The fourth-order valence-electron chi connectivity index (χ4n) is 2.49. The highest BCUT2D eigenvalue weighted by Gasteiger charge is 2.27. The van der Waals surface area contributed by atoms with E-state index in [1.54, 1.807) is 0 Å². The van der Waals surface area contributed by atoms with E-state index in [1.807, 2.05) is 0 Å². The summed E-state index contributed by atoms with van der Waals surface area (Å²) < 4.78 is 0. The molecule has 2 aliphatic heterocycles. The van der Waals surface area contributed by atoms with Crippen molar-refractivity contribution >= 4 is 6.21 Å². The summed E-state index contributed by atoms with van der Waals surface area (Å²) in [5, 5.41) is 0. The Morgan fingerprint density at radius 2 is 2.21 bits per heavy atom. The number of hydrogen-bond acceptors (Lipinski definition) is 2. The van der Waals surface area contributed by atoms with Gasteiger partial charge in [0.05, 0.1) is 6.67 Å². The van der Waals surface area contributed by atoms with Crippen molar-refractivity contribution in [1.29, 1.82) is 0 Å². The first-order chi connectivity index (χ1) is 6.95. The summed E-state index contributed by atoms with van der Waals surface area (Å²) in [7, 11) is 0. The molecule has 0 fully saturated rings. The Bertz CT molecular complexity index is 370. The molecule has 3 rings (SSSR count). The molecule has 14 heavy (non-hydrogen) atoms. The molecule has 0 saturated carbocycles. The van der Waals surface area contributed by atoms with Crippen LogP contribution in [-0.4, -0.2) is 24.3 Å². The topological polar surface area (TPSA) is 15.6 Å². The Balaban J connectivity index is 2.04. The standard InChI is InChI=1S/C12H14N2/c1-2-4-11-10(3-1)6-8-14-9-13-7-5-12(11)14/h1-4,7,12H,5-6,8-9H2. The lowest BCUT2D eigenvalue weighted by Gasteiger charge is -2.37. The summed E-state index contributed by atoms with van der Waals surface area (Å²) in [6.45, 7) is 2.05. The van der Waals surface area contributed by atoms with Crippen molar-refractivity contribution in [3.63, 3.8) is 0 Å². The molecule has 0 amide bonds. The minimum atomic E-state index is 0.595. The molecule has 1 aromatic carbocycles. The summed E-state index contributed by atoms with van der Waals surface area (Å²) in [6, 6.07) is 9.42. The van der Waals surface area contributed by atoms with Crippen molar-refractivity contribution in [2.45, 2.75) is 18.9 Å². The van der Waals surface area contributed by atoms with Crippen LogP contribution in [0.5, 0.6) is 0 Å². The number of aliphatic imine (C=N–C) groups is 1. The van der Waals surface area contributed by atoms with Crippen LogP contribution in [0, 0.1) is 0 Å². The van der Waals surface area contributed by atoms with Gasteiger partial charge in [-0.25, -0.2) is 0 Å². The molecule has 1 aromatic rings. The fraction of sp³-hybridized carbons (Fsp3) is 0.417. The molecule has 2 aliphatic rings. The van der Waals surface area contributed by atoms with Crippen LogP contribution in [0.3, 0.4) is 0 Å². The van der Waals surface area contributed by atoms with Gasteiger partial charge in [-0.2, -0.15) is 0 Å². The first-order valence-corrected chi connectivity index (χ1v) is 5.25. The van der Waals surface area contributed by atoms with Gasteiger partial charge in [0.15, 0.2) is 0 Å². The molecule has 2 heteroatoms.